The van der Waals surface area contributed by atoms with E-state index < -0.39 is 0 Å². The maximum Gasteiger partial charge on any atom is 0.209 e. The number of hydrogen-bond donors (Lipinski definition) is 1. The second-order valence-corrected chi connectivity index (χ2v) is 8.37. The quantitative estimate of drug-likeness (QED) is 0.332. The van der Waals surface area contributed by atoms with Gasteiger partial charge >= 0.3 is 0 Å². The fourth-order valence-electron chi connectivity index (χ4n) is 3.34. The van der Waals surface area contributed by atoms with Crippen LogP contribution in [0.2, 0.25) is 0 Å². The lowest BCUT2D eigenvalue weighted by molar-refractivity contribution is -0.112. The summed E-state index contributed by atoms with van der Waals surface area (Å²) in [4.78, 5) is 21.1. The van der Waals surface area contributed by atoms with Crippen LogP contribution in [-0.2, 0) is 4.79 Å². The molecule has 4 rings (SSSR count). The van der Waals surface area contributed by atoms with Gasteiger partial charge in [0.1, 0.15) is 17.5 Å². The molecule has 7 nitrogen and oxygen atoms in total. The fraction of sp³-hybridized carbons (Fsp3) is 0.143. The average molecular weight is 481 g/mol. The number of carbonyl (C=O) groups is 1. The minimum absolute atomic E-state index is 0.0671. The number of anilines is 2. The number of para-hydroxylation sites is 2. The first-order chi connectivity index (χ1) is 14.5. The number of Topliss-reactive ketones (excluding diaryl/α,β-unsaturated/α-hetero) is 1. The van der Waals surface area contributed by atoms with E-state index in [1.165, 1.54) is 11.8 Å². The van der Waals surface area contributed by atoms with E-state index in [2.05, 4.69) is 37.2 Å². The number of hydrogen-bond acceptors (Lipinski definition) is 7. The normalized spacial score (nSPS) is 12.7. The smallest absolute Gasteiger partial charge is 0.209 e. The summed E-state index contributed by atoms with van der Waals surface area (Å²) in [5, 5.41) is 17.2. The SMILES string of the molecule is CN1C(=C(C#N)C(=O)CSc2n[nH]c(-c3ccccc3Br)n2)N(C)c2ccccc21. The first kappa shape index (κ1) is 20.2. The topological polar surface area (TPSA) is 88.9 Å². The number of aromatic amines is 1. The molecule has 0 spiro atoms. The maximum atomic E-state index is 12.9. The van der Waals surface area contributed by atoms with Crippen molar-refractivity contribution in [2.45, 2.75) is 5.16 Å². The molecule has 1 aliphatic heterocycles. The number of halogens is 1. The summed E-state index contributed by atoms with van der Waals surface area (Å²) < 4.78 is 0.900. The van der Waals surface area contributed by atoms with Crippen molar-refractivity contribution in [1.82, 2.24) is 15.2 Å². The van der Waals surface area contributed by atoms with Gasteiger partial charge in [-0.3, -0.25) is 9.89 Å². The number of nitriles is 1. The molecule has 0 radical (unpaired) electrons. The second kappa shape index (κ2) is 8.34. The highest BCUT2D eigenvalue weighted by molar-refractivity contribution is 9.10. The van der Waals surface area contributed by atoms with Crippen molar-refractivity contribution in [2.75, 3.05) is 29.6 Å². The zero-order chi connectivity index (χ0) is 21.3. The van der Waals surface area contributed by atoms with Gasteiger partial charge in [-0.15, -0.1) is 5.10 Å². The van der Waals surface area contributed by atoms with E-state index >= 15 is 0 Å². The maximum absolute atomic E-state index is 12.9. The van der Waals surface area contributed by atoms with Gasteiger partial charge in [0.05, 0.1) is 17.1 Å². The Morgan fingerprint density at radius 2 is 1.77 bits per heavy atom. The van der Waals surface area contributed by atoms with Gasteiger partial charge in [-0.2, -0.15) is 5.26 Å². The van der Waals surface area contributed by atoms with Crippen molar-refractivity contribution in [3.05, 3.63) is 64.4 Å². The summed E-state index contributed by atoms with van der Waals surface area (Å²) in [7, 11) is 3.71. The van der Waals surface area contributed by atoms with E-state index in [4.69, 9.17) is 0 Å². The van der Waals surface area contributed by atoms with Crippen molar-refractivity contribution in [2.24, 2.45) is 0 Å². The highest BCUT2D eigenvalue weighted by Gasteiger charge is 2.31. The van der Waals surface area contributed by atoms with E-state index in [0.29, 0.717) is 16.8 Å². The van der Waals surface area contributed by atoms with Crippen LogP contribution in [0.1, 0.15) is 0 Å². The van der Waals surface area contributed by atoms with Gasteiger partial charge in [0, 0.05) is 24.1 Å². The van der Waals surface area contributed by atoms with Crippen molar-refractivity contribution in [3.8, 4) is 17.5 Å². The second-order valence-electron chi connectivity index (χ2n) is 6.58. The molecule has 0 bridgehead atoms. The molecule has 9 heteroatoms. The molecule has 30 heavy (non-hydrogen) atoms. The van der Waals surface area contributed by atoms with Gasteiger partial charge in [0.15, 0.2) is 11.6 Å². The third-order valence-electron chi connectivity index (χ3n) is 4.78. The van der Waals surface area contributed by atoms with Gasteiger partial charge in [0.2, 0.25) is 5.16 Å². The molecule has 0 fully saturated rings. The number of nitrogens with one attached hydrogen (secondary N) is 1. The molecule has 0 saturated heterocycles. The number of nitrogens with zero attached hydrogens (tertiary/aromatic N) is 5. The van der Waals surface area contributed by atoms with Crippen molar-refractivity contribution in [3.63, 3.8) is 0 Å². The Kier molecular flexibility index (Phi) is 5.61. The van der Waals surface area contributed by atoms with E-state index in [9.17, 15) is 10.1 Å². The standard InChI is InChI=1S/C21H17BrN6OS/c1-27-16-9-5-6-10-17(16)28(2)20(27)14(11-23)18(29)12-30-21-24-19(25-26-21)13-7-3-4-8-15(13)22/h3-10H,12H2,1-2H3,(H,24,25,26). The third-order valence-corrected chi connectivity index (χ3v) is 6.32. The summed E-state index contributed by atoms with van der Waals surface area (Å²) in [6.45, 7) is 0. The number of fused-ring (bicyclic) bond motifs is 1. The van der Waals surface area contributed by atoms with Gasteiger partial charge in [-0.25, -0.2) is 4.98 Å². The summed E-state index contributed by atoms with van der Waals surface area (Å²) in [5.41, 5.74) is 2.91. The number of benzene rings is 2. The van der Waals surface area contributed by atoms with Crippen LogP contribution in [0.5, 0.6) is 0 Å². The summed E-state index contributed by atoms with van der Waals surface area (Å²) in [5.74, 6) is 0.990. The van der Waals surface area contributed by atoms with Crippen LogP contribution in [0.15, 0.2) is 69.6 Å². The van der Waals surface area contributed by atoms with Gasteiger partial charge in [0.25, 0.3) is 0 Å². The van der Waals surface area contributed by atoms with Crippen molar-refractivity contribution >= 4 is 44.8 Å². The lowest BCUT2D eigenvalue weighted by Gasteiger charge is -2.19. The van der Waals surface area contributed by atoms with Crippen molar-refractivity contribution < 1.29 is 4.79 Å². The molecule has 0 unspecified atom stereocenters. The van der Waals surface area contributed by atoms with Crippen LogP contribution in [0.4, 0.5) is 11.4 Å². The number of allylic oxidation sites excluding steroid dienone is 1. The Morgan fingerprint density at radius 1 is 1.13 bits per heavy atom. The molecule has 0 amide bonds. The molecule has 2 heterocycles. The summed E-state index contributed by atoms with van der Waals surface area (Å²) >= 11 is 4.69. The number of ketones is 1. The lowest BCUT2D eigenvalue weighted by atomic mass is 10.2. The predicted molar refractivity (Wildman–Crippen MR) is 121 cm³/mol. The van der Waals surface area contributed by atoms with E-state index in [1.54, 1.807) is 0 Å². The number of H-pyrrole nitrogens is 1. The molecule has 1 aliphatic rings. The van der Waals surface area contributed by atoms with Crippen LogP contribution < -0.4 is 9.80 Å². The first-order valence-corrected chi connectivity index (χ1v) is 10.8. The molecule has 3 aromatic rings. The zero-order valence-electron chi connectivity index (χ0n) is 16.3. The minimum atomic E-state index is -0.267. The summed E-state index contributed by atoms with van der Waals surface area (Å²) in [6.07, 6.45) is 0. The number of aromatic nitrogens is 3. The Balaban J connectivity index is 1.53. The molecule has 0 aliphatic carbocycles. The Morgan fingerprint density at radius 3 is 2.40 bits per heavy atom. The highest BCUT2D eigenvalue weighted by atomic mass is 79.9. The number of rotatable bonds is 5. The summed E-state index contributed by atoms with van der Waals surface area (Å²) in [6, 6.07) is 17.6. The van der Waals surface area contributed by atoms with E-state index in [1.807, 2.05) is 72.4 Å². The fourth-order valence-corrected chi connectivity index (χ4v) is 4.49. The van der Waals surface area contributed by atoms with Crippen molar-refractivity contribution in [1.29, 1.82) is 5.26 Å². The molecule has 2 aromatic carbocycles. The van der Waals surface area contributed by atoms with Crippen LogP contribution in [0.25, 0.3) is 11.4 Å². The van der Waals surface area contributed by atoms with Crippen LogP contribution in [0, 0.1) is 11.3 Å². The monoisotopic (exact) mass is 480 g/mol. The molecule has 150 valence electrons. The van der Waals surface area contributed by atoms with Gasteiger partial charge in [-0.05, 0) is 18.2 Å². The Bertz CT molecular complexity index is 1170. The first-order valence-electron chi connectivity index (χ1n) is 9.05. The largest absolute Gasteiger partial charge is 0.328 e. The Hall–Kier alpha value is -3.09. The predicted octanol–water partition coefficient (Wildman–Crippen LogP) is 4.22. The average Bonchev–Trinajstić information content (AvgIpc) is 3.32. The van der Waals surface area contributed by atoms with Crippen LogP contribution in [0.3, 0.4) is 0 Å². The number of carbonyl (C=O) groups excluding carboxylic acids is 1. The minimum Gasteiger partial charge on any atom is -0.328 e. The number of thioether (sulfide) groups is 1. The molecular formula is C21H17BrN6OS. The molecular weight excluding hydrogens is 464 g/mol. The van der Waals surface area contributed by atoms with Crippen LogP contribution >= 0.6 is 27.7 Å². The zero-order valence-corrected chi connectivity index (χ0v) is 18.7. The van der Waals surface area contributed by atoms with Gasteiger partial charge in [-0.1, -0.05) is 58.0 Å². The van der Waals surface area contributed by atoms with Gasteiger partial charge < -0.3 is 9.80 Å². The van der Waals surface area contributed by atoms with E-state index in [0.717, 1.165) is 21.4 Å². The third kappa shape index (κ3) is 3.60. The van der Waals surface area contributed by atoms with E-state index in [-0.39, 0.29) is 17.1 Å². The van der Waals surface area contributed by atoms with Crippen LogP contribution in [-0.4, -0.2) is 40.8 Å². The molecule has 0 atom stereocenters. The lowest BCUT2D eigenvalue weighted by Crippen LogP contribution is -2.26. The molecule has 1 aromatic heterocycles. The Labute approximate surface area is 186 Å². The molecule has 0 saturated carbocycles. The highest BCUT2D eigenvalue weighted by Crippen LogP contribution is 2.40. The molecule has 1 N–H and O–H groups in total.